The first kappa shape index (κ1) is 14.6. The van der Waals surface area contributed by atoms with Gasteiger partial charge in [-0.2, -0.15) is 13.2 Å². The molecule has 2 nitrogen and oxygen atoms in total. The van der Waals surface area contributed by atoms with E-state index in [9.17, 15) is 13.2 Å². The van der Waals surface area contributed by atoms with Crippen molar-refractivity contribution in [1.82, 2.24) is 10.9 Å². The smallest absolute Gasteiger partial charge is 0.253 e. The third-order valence-corrected chi connectivity index (χ3v) is 2.83. The van der Waals surface area contributed by atoms with Crippen LogP contribution in [0.3, 0.4) is 0 Å². The minimum Gasteiger partial charge on any atom is -0.253 e. The molecule has 2 aromatic carbocycles. The summed E-state index contributed by atoms with van der Waals surface area (Å²) in [6.07, 6.45) is -4.28. The lowest BCUT2D eigenvalue weighted by Crippen LogP contribution is -2.30. The zero-order valence-electron chi connectivity index (χ0n) is 10.7. The van der Waals surface area contributed by atoms with Gasteiger partial charge in [0.15, 0.2) is 0 Å². The predicted octanol–water partition coefficient (Wildman–Crippen LogP) is 3.50. The van der Waals surface area contributed by atoms with Crippen molar-refractivity contribution >= 4 is 0 Å². The topological polar surface area (TPSA) is 24.1 Å². The Kier molecular flexibility index (Phi) is 4.76. The van der Waals surface area contributed by atoms with Crippen LogP contribution in [0.5, 0.6) is 0 Å². The van der Waals surface area contributed by atoms with Crippen LogP contribution in [0.15, 0.2) is 54.6 Å². The molecule has 0 aliphatic carbocycles. The molecule has 0 saturated carbocycles. The average molecular weight is 280 g/mol. The minimum absolute atomic E-state index is 0.463. The van der Waals surface area contributed by atoms with Crippen molar-refractivity contribution in [3.8, 4) is 0 Å². The van der Waals surface area contributed by atoms with E-state index < -0.39 is 11.7 Å². The van der Waals surface area contributed by atoms with E-state index in [2.05, 4.69) is 10.9 Å². The molecule has 0 aromatic heterocycles. The van der Waals surface area contributed by atoms with E-state index in [-0.39, 0.29) is 0 Å². The van der Waals surface area contributed by atoms with Gasteiger partial charge in [0.05, 0.1) is 5.56 Å². The number of hydrogen-bond donors (Lipinski definition) is 2. The zero-order valence-corrected chi connectivity index (χ0v) is 10.7. The van der Waals surface area contributed by atoms with Gasteiger partial charge < -0.3 is 0 Å². The quantitative estimate of drug-likeness (QED) is 0.647. The summed E-state index contributed by atoms with van der Waals surface area (Å²) in [6.45, 7) is 1.12. The maximum absolute atomic E-state index is 12.4. The Morgan fingerprint density at radius 3 is 1.70 bits per heavy atom. The van der Waals surface area contributed by atoms with Crippen molar-refractivity contribution in [1.29, 1.82) is 0 Å². The number of nitrogens with one attached hydrogen (secondary N) is 2. The zero-order chi connectivity index (χ0) is 14.4. The largest absolute Gasteiger partial charge is 0.416 e. The predicted molar refractivity (Wildman–Crippen MR) is 71.6 cm³/mol. The molecule has 0 bridgehead atoms. The summed E-state index contributed by atoms with van der Waals surface area (Å²) in [5, 5.41) is 0. The SMILES string of the molecule is FC(F)(F)c1ccc(CNNCc2ccccc2)cc1. The van der Waals surface area contributed by atoms with E-state index in [1.54, 1.807) is 0 Å². The van der Waals surface area contributed by atoms with Crippen LogP contribution in [0, 0.1) is 0 Å². The summed E-state index contributed by atoms with van der Waals surface area (Å²) < 4.78 is 37.2. The number of benzene rings is 2. The van der Waals surface area contributed by atoms with Crippen LogP contribution in [0.1, 0.15) is 16.7 Å². The van der Waals surface area contributed by atoms with Crippen molar-refractivity contribution in [3.05, 3.63) is 71.3 Å². The van der Waals surface area contributed by atoms with Gasteiger partial charge in [-0.1, -0.05) is 42.5 Å². The van der Waals surface area contributed by atoms with Gasteiger partial charge in [-0.05, 0) is 23.3 Å². The third kappa shape index (κ3) is 4.36. The first-order valence-electron chi connectivity index (χ1n) is 6.21. The number of alkyl halides is 3. The normalized spacial score (nSPS) is 11.6. The van der Waals surface area contributed by atoms with E-state index in [0.717, 1.165) is 23.3 Å². The second-order valence-electron chi connectivity index (χ2n) is 4.39. The molecule has 106 valence electrons. The highest BCUT2D eigenvalue weighted by atomic mass is 19.4. The lowest BCUT2D eigenvalue weighted by atomic mass is 10.1. The number of hydrogen-bond acceptors (Lipinski definition) is 2. The van der Waals surface area contributed by atoms with E-state index in [4.69, 9.17) is 0 Å². The minimum atomic E-state index is -4.28. The second-order valence-corrected chi connectivity index (χ2v) is 4.39. The van der Waals surface area contributed by atoms with Crippen molar-refractivity contribution < 1.29 is 13.2 Å². The van der Waals surface area contributed by atoms with Gasteiger partial charge in [-0.3, -0.25) is 10.9 Å². The molecule has 0 atom stereocenters. The van der Waals surface area contributed by atoms with Gasteiger partial charge in [0.2, 0.25) is 0 Å². The second kappa shape index (κ2) is 6.54. The summed E-state index contributed by atoms with van der Waals surface area (Å²) in [6, 6.07) is 15.0. The summed E-state index contributed by atoms with van der Waals surface area (Å²) in [7, 11) is 0. The van der Waals surface area contributed by atoms with E-state index in [0.29, 0.717) is 13.1 Å². The van der Waals surface area contributed by atoms with Gasteiger partial charge in [0.25, 0.3) is 0 Å². The Labute approximate surface area is 115 Å². The van der Waals surface area contributed by atoms with Crippen LogP contribution in [0.2, 0.25) is 0 Å². The highest BCUT2D eigenvalue weighted by Gasteiger charge is 2.29. The molecule has 5 heteroatoms. The highest BCUT2D eigenvalue weighted by Crippen LogP contribution is 2.28. The number of hydrazine groups is 1. The van der Waals surface area contributed by atoms with Crippen molar-refractivity contribution in [3.63, 3.8) is 0 Å². The molecule has 2 aromatic rings. The summed E-state index contributed by atoms with van der Waals surface area (Å²) in [5.41, 5.74) is 7.30. The van der Waals surface area contributed by atoms with Crippen LogP contribution in [-0.4, -0.2) is 0 Å². The van der Waals surface area contributed by atoms with Crippen LogP contribution in [0.4, 0.5) is 13.2 Å². The Bertz CT molecular complexity index is 521. The maximum atomic E-state index is 12.4. The molecule has 0 radical (unpaired) electrons. The van der Waals surface area contributed by atoms with Crippen molar-refractivity contribution in [2.24, 2.45) is 0 Å². The molecule has 2 N–H and O–H groups in total. The Balaban J connectivity index is 1.77. The molecular formula is C15H15F3N2. The Morgan fingerprint density at radius 1 is 0.700 bits per heavy atom. The fourth-order valence-electron chi connectivity index (χ4n) is 1.74. The monoisotopic (exact) mass is 280 g/mol. The summed E-state index contributed by atoms with van der Waals surface area (Å²) in [4.78, 5) is 0. The first-order chi connectivity index (χ1) is 9.55. The van der Waals surface area contributed by atoms with Crippen LogP contribution in [0.25, 0.3) is 0 Å². The fourth-order valence-corrected chi connectivity index (χ4v) is 1.74. The summed E-state index contributed by atoms with van der Waals surface area (Å²) in [5.74, 6) is 0. The van der Waals surface area contributed by atoms with Crippen molar-refractivity contribution in [2.75, 3.05) is 0 Å². The molecule has 2 rings (SSSR count). The lowest BCUT2D eigenvalue weighted by molar-refractivity contribution is -0.137. The highest BCUT2D eigenvalue weighted by molar-refractivity contribution is 5.24. The number of rotatable bonds is 5. The van der Waals surface area contributed by atoms with Crippen LogP contribution >= 0.6 is 0 Å². The van der Waals surface area contributed by atoms with Crippen LogP contribution < -0.4 is 10.9 Å². The van der Waals surface area contributed by atoms with E-state index >= 15 is 0 Å². The summed E-state index contributed by atoms with van der Waals surface area (Å²) >= 11 is 0. The molecular weight excluding hydrogens is 265 g/mol. The van der Waals surface area contributed by atoms with Gasteiger partial charge in [-0.25, -0.2) is 0 Å². The average Bonchev–Trinajstić information content (AvgIpc) is 2.44. The maximum Gasteiger partial charge on any atom is 0.416 e. The van der Waals surface area contributed by atoms with Gasteiger partial charge in [0.1, 0.15) is 0 Å². The molecule has 0 aliphatic heterocycles. The molecule has 0 spiro atoms. The molecule has 0 aliphatic rings. The van der Waals surface area contributed by atoms with E-state index in [1.165, 1.54) is 12.1 Å². The molecule has 0 saturated heterocycles. The van der Waals surface area contributed by atoms with Gasteiger partial charge >= 0.3 is 6.18 Å². The fraction of sp³-hybridized carbons (Fsp3) is 0.200. The first-order valence-corrected chi connectivity index (χ1v) is 6.21. The molecule has 0 fully saturated rings. The molecule has 20 heavy (non-hydrogen) atoms. The van der Waals surface area contributed by atoms with Gasteiger partial charge in [0, 0.05) is 13.1 Å². The standard InChI is InChI=1S/C15H15F3N2/c16-15(17,18)14-8-6-13(7-9-14)11-20-19-10-12-4-2-1-3-5-12/h1-9,19-20H,10-11H2. The molecule has 0 heterocycles. The molecule has 0 unspecified atom stereocenters. The Hall–Kier alpha value is -1.85. The van der Waals surface area contributed by atoms with Crippen LogP contribution in [-0.2, 0) is 19.3 Å². The van der Waals surface area contributed by atoms with Gasteiger partial charge in [-0.15, -0.1) is 0 Å². The van der Waals surface area contributed by atoms with Crippen molar-refractivity contribution in [2.45, 2.75) is 19.3 Å². The Morgan fingerprint density at radius 2 is 1.20 bits per heavy atom. The molecule has 0 amide bonds. The number of halogens is 3. The third-order valence-electron chi connectivity index (χ3n) is 2.83. The van der Waals surface area contributed by atoms with E-state index in [1.807, 2.05) is 30.3 Å². The lowest BCUT2D eigenvalue weighted by Gasteiger charge is -2.09.